The fourth-order valence-corrected chi connectivity index (χ4v) is 1.50. The summed E-state index contributed by atoms with van der Waals surface area (Å²) in [6.07, 6.45) is 3.81. The van der Waals surface area contributed by atoms with E-state index in [9.17, 15) is 0 Å². The lowest BCUT2D eigenvalue weighted by atomic mass is 9.95. The van der Waals surface area contributed by atoms with Crippen molar-refractivity contribution in [1.29, 1.82) is 0 Å². The molecule has 1 rings (SSSR count). The molecule has 0 aromatic rings. The maximum absolute atomic E-state index is 5.42. The molecular formula is C9H19NO. The average Bonchev–Trinajstić information content (AvgIpc) is 2.03. The molecule has 2 nitrogen and oxygen atoms in total. The normalized spacial score (nSPS) is 32.2. The second-order valence-electron chi connectivity index (χ2n) is 3.64. The summed E-state index contributed by atoms with van der Waals surface area (Å²) < 4.78 is 5.42. The zero-order valence-corrected chi connectivity index (χ0v) is 7.65. The molecule has 0 amide bonds. The largest absolute Gasteiger partial charge is 0.378 e. The minimum Gasteiger partial charge on any atom is -0.378 e. The van der Waals surface area contributed by atoms with E-state index in [-0.39, 0.29) is 5.54 Å². The Bertz CT molecular complexity index is 108. The van der Waals surface area contributed by atoms with Crippen LogP contribution in [0, 0.1) is 0 Å². The van der Waals surface area contributed by atoms with Gasteiger partial charge in [0.15, 0.2) is 0 Å². The van der Waals surface area contributed by atoms with E-state index in [4.69, 9.17) is 4.74 Å². The van der Waals surface area contributed by atoms with E-state index in [0.29, 0.717) is 0 Å². The highest BCUT2D eigenvalue weighted by molar-refractivity contribution is 4.84. The van der Waals surface area contributed by atoms with Crippen LogP contribution in [0.2, 0.25) is 0 Å². The van der Waals surface area contributed by atoms with Crippen molar-refractivity contribution in [2.75, 3.05) is 19.8 Å². The number of morpholine rings is 1. The van der Waals surface area contributed by atoms with Crippen molar-refractivity contribution in [3.8, 4) is 0 Å². The molecule has 1 unspecified atom stereocenters. The van der Waals surface area contributed by atoms with Gasteiger partial charge in [-0.25, -0.2) is 0 Å². The summed E-state index contributed by atoms with van der Waals surface area (Å²) in [6, 6.07) is 0. The highest BCUT2D eigenvalue weighted by atomic mass is 16.5. The van der Waals surface area contributed by atoms with E-state index < -0.39 is 0 Å². The predicted octanol–water partition coefficient (Wildman–Crippen LogP) is 1.56. The standard InChI is InChI=1S/C9H19NO/c1-3-4-5-9(2)8-11-7-6-10-9/h10H,3-8H2,1-2H3. The zero-order chi connectivity index (χ0) is 8.16. The molecule has 1 saturated heterocycles. The SMILES string of the molecule is CCCCC1(C)COCCN1. The summed E-state index contributed by atoms with van der Waals surface area (Å²) in [5.41, 5.74) is 0.258. The quantitative estimate of drug-likeness (QED) is 0.671. The molecule has 0 saturated carbocycles. The van der Waals surface area contributed by atoms with Crippen LogP contribution in [0.3, 0.4) is 0 Å². The molecule has 0 aromatic carbocycles. The number of unbranched alkanes of at least 4 members (excludes halogenated alkanes) is 1. The van der Waals surface area contributed by atoms with Gasteiger partial charge < -0.3 is 10.1 Å². The van der Waals surface area contributed by atoms with Gasteiger partial charge >= 0.3 is 0 Å². The molecule has 1 aliphatic rings. The number of rotatable bonds is 3. The van der Waals surface area contributed by atoms with Crippen LogP contribution in [0.5, 0.6) is 0 Å². The van der Waals surface area contributed by atoms with E-state index >= 15 is 0 Å². The third-order valence-corrected chi connectivity index (χ3v) is 2.30. The van der Waals surface area contributed by atoms with Crippen molar-refractivity contribution < 1.29 is 4.74 Å². The molecule has 66 valence electrons. The Morgan fingerprint density at radius 3 is 2.91 bits per heavy atom. The van der Waals surface area contributed by atoms with E-state index in [2.05, 4.69) is 19.2 Å². The summed E-state index contributed by atoms with van der Waals surface area (Å²) >= 11 is 0. The summed E-state index contributed by atoms with van der Waals surface area (Å²) in [5.74, 6) is 0. The number of nitrogens with one attached hydrogen (secondary N) is 1. The van der Waals surface area contributed by atoms with Crippen molar-refractivity contribution in [3.05, 3.63) is 0 Å². The first-order valence-electron chi connectivity index (χ1n) is 4.60. The first-order valence-corrected chi connectivity index (χ1v) is 4.60. The zero-order valence-electron chi connectivity index (χ0n) is 7.65. The van der Waals surface area contributed by atoms with E-state index in [1.807, 2.05) is 0 Å². The van der Waals surface area contributed by atoms with Gasteiger partial charge in [0.25, 0.3) is 0 Å². The summed E-state index contributed by atoms with van der Waals surface area (Å²) in [5, 5.41) is 3.51. The first kappa shape index (κ1) is 9.01. The molecule has 1 N–H and O–H groups in total. The molecule has 2 heteroatoms. The van der Waals surface area contributed by atoms with Crippen LogP contribution in [0.1, 0.15) is 33.1 Å². The lowest BCUT2D eigenvalue weighted by Crippen LogP contribution is -2.51. The van der Waals surface area contributed by atoms with Crippen LogP contribution in [-0.4, -0.2) is 25.3 Å². The van der Waals surface area contributed by atoms with Crippen molar-refractivity contribution in [2.45, 2.75) is 38.6 Å². The van der Waals surface area contributed by atoms with Crippen molar-refractivity contribution in [2.24, 2.45) is 0 Å². The van der Waals surface area contributed by atoms with Gasteiger partial charge in [0.1, 0.15) is 0 Å². The van der Waals surface area contributed by atoms with Gasteiger partial charge in [-0.15, -0.1) is 0 Å². The fraction of sp³-hybridized carbons (Fsp3) is 1.00. The molecule has 1 heterocycles. The third-order valence-electron chi connectivity index (χ3n) is 2.30. The number of hydrogen-bond acceptors (Lipinski definition) is 2. The Hall–Kier alpha value is -0.0800. The Kier molecular flexibility index (Phi) is 3.34. The van der Waals surface area contributed by atoms with Crippen LogP contribution < -0.4 is 5.32 Å². The smallest absolute Gasteiger partial charge is 0.0646 e. The van der Waals surface area contributed by atoms with Crippen molar-refractivity contribution in [1.82, 2.24) is 5.32 Å². The molecule has 11 heavy (non-hydrogen) atoms. The van der Waals surface area contributed by atoms with Gasteiger partial charge in [-0.3, -0.25) is 0 Å². The van der Waals surface area contributed by atoms with Crippen LogP contribution in [-0.2, 0) is 4.74 Å². The van der Waals surface area contributed by atoms with Crippen molar-refractivity contribution in [3.63, 3.8) is 0 Å². The minimum atomic E-state index is 0.258. The Labute approximate surface area is 69.3 Å². The predicted molar refractivity (Wildman–Crippen MR) is 46.8 cm³/mol. The topological polar surface area (TPSA) is 21.3 Å². The molecule has 0 bridgehead atoms. The molecular weight excluding hydrogens is 138 g/mol. The highest BCUT2D eigenvalue weighted by Crippen LogP contribution is 2.16. The lowest BCUT2D eigenvalue weighted by Gasteiger charge is -2.34. The monoisotopic (exact) mass is 157 g/mol. The number of hydrogen-bond donors (Lipinski definition) is 1. The van der Waals surface area contributed by atoms with Crippen LogP contribution in [0.15, 0.2) is 0 Å². The second kappa shape index (κ2) is 4.07. The van der Waals surface area contributed by atoms with Gasteiger partial charge in [-0.2, -0.15) is 0 Å². The first-order chi connectivity index (χ1) is 5.27. The summed E-state index contributed by atoms with van der Waals surface area (Å²) in [4.78, 5) is 0. The molecule has 0 aromatic heterocycles. The van der Waals surface area contributed by atoms with Gasteiger partial charge in [0.2, 0.25) is 0 Å². The van der Waals surface area contributed by atoms with E-state index in [1.54, 1.807) is 0 Å². The average molecular weight is 157 g/mol. The summed E-state index contributed by atoms with van der Waals surface area (Å²) in [7, 11) is 0. The molecule has 0 spiro atoms. The van der Waals surface area contributed by atoms with Gasteiger partial charge in [-0.05, 0) is 13.3 Å². The van der Waals surface area contributed by atoms with Crippen molar-refractivity contribution >= 4 is 0 Å². The van der Waals surface area contributed by atoms with Crippen LogP contribution in [0.4, 0.5) is 0 Å². The molecule has 1 atom stereocenters. The maximum atomic E-state index is 5.42. The maximum Gasteiger partial charge on any atom is 0.0646 e. The van der Waals surface area contributed by atoms with E-state index in [0.717, 1.165) is 19.8 Å². The minimum absolute atomic E-state index is 0.258. The van der Waals surface area contributed by atoms with Gasteiger partial charge in [-0.1, -0.05) is 19.8 Å². The van der Waals surface area contributed by atoms with E-state index in [1.165, 1.54) is 19.3 Å². The van der Waals surface area contributed by atoms with Crippen LogP contribution >= 0.6 is 0 Å². The molecule has 0 radical (unpaired) electrons. The second-order valence-corrected chi connectivity index (χ2v) is 3.64. The van der Waals surface area contributed by atoms with Gasteiger partial charge in [0.05, 0.1) is 13.2 Å². The molecule has 1 aliphatic heterocycles. The number of ether oxygens (including phenoxy) is 1. The van der Waals surface area contributed by atoms with Crippen LogP contribution in [0.25, 0.3) is 0 Å². The summed E-state index contributed by atoms with van der Waals surface area (Å²) in [6.45, 7) is 7.25. The molecule has 0 aliphatic carbocycles. The Balaban J connectivity index is 2.25. The highest BCUT2D eigenvalue weighted by Gasteiger charge is 2.25. The Morgan fingerprint density at radius 1 is 1.55 bits per heavy atom. The lowest BCUT2D eigenvalue weighted by molar-refractivity contribution is 0.0307. The third kappa shape index (κ3) is 2.80. The molecule has 1 fully saturated rings. The Morgan fingerprint density at radius 2 is 2.36 bits per heavy atom. The fourth-order valence-electron chi connectivity index (χ4n) is 1.50. The van der Waals surface area contributed by atoms with Gasteiger partial charge in [0, 0.05) is 12.1 Å².